The number of aromatic nitrogens is 1. The van der Waals surface area contributed by atoms with Gasteiger partial charge >= 0.3 is 11.9 Å². The number of hydrogen-bond donors (Lipinski definition) is 2. The largest absolute Gasteiger partial charge is 0.481 e. The molecule has 1 atom stereocenters. The zero-order valence-electron chi connectivity index (χ0n) is 14.2. The number of thioether (sulfide) groups is 1. The molecule has 144 valence electrons. The highest BCUT2D eigenvalue weighted by molar-refractivity contribution is 8.26. The molecular formula is C18H13ClN2O5S2. The third-order valence-corrected chi connectivity index (χ3v) is 5.66. The minimum Gasteiger partial charge on any atom is -0.481 e. The summed E-state index contributed by atoms with van der Waals surface area (Å²) in [5.41, 5.74) is 1.05. The molecule has 2 N–H and O–H groups in total. The van der Waals surface area contributed by atoms with Crippen LogP contribution in [-0.2, 0) is 14.4 Å². The van der Waals surface area contributed by atoms with Crippen LogP contribution in [0, 0.1) is 0 Å². The van der Waals surface area contributed by atoms with E-state index in [2.05, 4.69) is 4.98 Å². The smallest absolute Gasteiger partial charge is 0.326 e. The van der Waals surface area contributed by atoms with Crippen LogP contribution in [0.5, 0.6) is 0 Å². The van der Waals surface area contributed by atoms with E-state index in [1.807, 2.05) is 12.1 Å². The first-order valence-electron chi connectivity index (χ1n) is 8.05. The van der Waals surface area contributed by atoms with Gasteiger partial charge in [0, 0.05) is 11.8 Å². The van der Waals surface area contributed by atoms with E-state index in [0.717, 1.165) is 22.0 Å². The number of aliphatic carboxylic acids is 2. The van der Waals surface area contributed by atoms with Gasteiger partial charge in [0.2, 0.25) is 0 Å². The Bertz CT molecular complexity index is 1040. The molecule has 7 nitrogen and oxygen atoms in total. The van der Waals surface area contributed by atoms with Gasteiger partial charge in [0.1, 0.15) is 10.4 Å². The molecule has 1 aromatic carbocycles. The summed E-state index contributed by atoms with van der Waals surface area (Å²) in [5.74, 6) is -3.05. The van der Waals surface area contributed by atoms with Gasteiger partial charge in [-0.25, -0.2) is 9.78 Å². The van der Waals surface area contributed by atoms with E-state index in [-0.39, 0.29) is 15.6 Å². The van der Waals surface area contributed by atoms with E-state index >= 15 is 0 Å². The number of amides is 1. The van der Waals surface area contributed by atoms with E-state index in [1.54, 1.807) is 18.2 Å². The summed E-state index contributed by atoms with van der Waals surface area (Å²) in [6, 6.07) is 7.56. The average Bonchev–Trinajstić information content (AvgIpc) is 2.90. The Balaban J connectivity index is 1.91. The molecule has 2 heterocycles. The van der Waals surface area contributed by atoms with E-state index in [0.29, 0.717) is 16.2 Å². The minimum absolute atomic E-state index is 0.0628. The molecule has 10 heteroatoms. The summed E-state index contributed by atoms with van der Waals surface area (Å²) in [6.45, 7) is 0. The molecule has 1 saturated heterocycles. The lowest BCUT2D eigenvalue weighted by Crippen LogP contribution is -2.44. The molecule has 0 unspecified atom stereocenters. The fourth-order valence-electron chi connectivity index (χ4n) is 2.71. The molecule has 28 heavy (non-hydrogen) atoms. The van der Waals surface area contributed by atoms with Gasteiger partial charge in [-0.1, -0.05) is 53.8 Å². The number of halogens is 1. The van der Waals surface area contributed by atoms with E-state index in [1.165, 1.54) is 6.08 Å². The second kappa shape index (κ2) is 8.26. The number of carboxylic acids is 2. The van der Waals surface area contributed by atoms with Crippen LogP contribution in [0.4, 0.5) is 0 Å². The van der Waals surface area contributed by atoms with Crippen molar-refractivity contribution in [3.63, 3.8) is 0 Å². The molecule has 0 aliphatic carbocycles. The topological polar surface area (TPSA) is 108 Å². The van der Waals surface area contributed by atoms with E-state index in [9.17, 15) is 19.5 Å². The standard InChI is InChI=1S/C18H13ClN2O5S2/c19-11-3-1-2-9-4-5-10(20-15(9)11)8-13-16(24)21(18(27)28-13)12(17(25)26)6-7-14(22)23/h1-5,8,12H,6-7H2,(H,22,23)(H,25,26)/b13-8-/t12-/m0/s1. The van der Waals surface area contributed by atoms with Gasteiger partial charge in [0.15, 0.2) is 0 Å². The number of carbonyl (C=O) groups is 3. The predicted molar refractivity (Wildman–Crippen MR) is 110 cm³/mol. The molecular weight excluding hydrogens is 424 g/mol. The average molecular weight is 437 g/mol. The van der Waals surface area contributed by atoms with Gasteiger partial charge in [-0.3, -0.25) is 14.5 Å². The van der Waals surface area contributed by atoms with E-state index < -0.39 is 30.3 Å². The number of benzene rings is 1. The van der Waals surface area contributed by atoms with Crippen LogP contribution in [-0.4, -0.2) is 48.3 Å². The first-order valence-corrected chi connectivity index (χ1v) is 9.65. The maximum atomic E-state index is 12.7. The second-order valence-electron chi connectivity index (χ2n) is 5.89. The normalized spacial score (nSPS) is 16.8. The number of nitrogens with zero attached hydrogens (tertiary/aromatic N) is 2. The van der Waals surface area contributed by atoms with Gasteiger partial charge in [0.25, 0.3) is 5.91 Å². The summed E-state index contributed by atoms with van der Waals surface area (Å²) in [7, 11) is 0. The van der Waals surface area contributed by atoms with Gasteiger partial charge in [-0.05, 0) is 24.6 Å². The Hall–Kier alpha value is -2.49. The highest BCUT2D eigenvalue weighted by Gasteiger charge is 2.40. The van der Waals surface area contributed by atoms with Crippen molar-refractivity contribution < 1.29 is 24.6 Å². The zero-order valence-corrected chi connectivity index (χ0v) is 16.6. The molecule has 2 aromatic rings. The molecule has 0 spiro atoms. The summed E-state index contributed by atoms with van der Waals surface area (Å²) < 4.78 is 0.0628. The first kappa shape index (κ1) is 20.2. The van der Waals surface area contributed by atoms with Gasteiger partial charge in [-0.2, -0.15) is 0 Å². The fourth-order valence-corrected chi connectivity index (χ4v) is 4.28. The predicted octanol–water partition coefficient (Wildman–Crippen LogP) is 3.41. The molecule has 1 fully saturated rings. The lowest BCUT2D eigenvalue weighted by molar-refractivity contribution is -0.146. The number of thiocarbonyl (C=S) groups is 1. The Morgan fingerprint density at radius 1 is 1.29 bits per heavy atom. The number of hydrogen-bond acceptors (Lipinski definition) is 6. The Morgan fingerprint density at radius 3 is 2.71 bits per heavy atom. The Morgan fingerprint density at radius 2 is 2.04 bits per heavy atom. The van der Waals surface area contributed by atoms with Gasteiger partial charge in [0.05, 0.1) is 21.1 Å². The van der Waals surface area contributed by atoms with Gasteiger partial charge in [-0.15, -0.1) is 0 Å². The monoisotopic (exact) mass is 436 g/mol. The van der Waals surface area contributed by atoms with Crippen molar-refractivity contribution in [3.05, 3.63) is 46.0 Å². The maximum Gasteiger partial charge on any atom is 0.326 e. The summed E-state index contributed by atoms with van der Waals surface area (Å²) in [4.78, 5) is 40.6. The maximum absolute atomic E-state index is 12.7. The van der Waals surface area contributed by atoms with Crippen molar-refractivity contribution in [2.45, 2.75) is 18.9 Å². The Kier molecular flexibility index (Phi) is 5.97. The SMILES string of the molecule is O=C(O)CC[C@@H](C(=O)O)N1C(=O)/C(=C/c2ccc3cccc(Cl)c3n2)SC1=S. The molecule has 1 aliphatic rings. The molecule has 1 aliphatic heterocycles. The lowest BCUT2D eigenvalue weighted by atomic mass is 10.1. The van der Waals surface area contributed by atoms with Crippen molar-refractivity contribution in [3.8, 4) is 0 Å². The number of carbonyl (C=O) groups excluding carboxylic acids is 1. The summed E-state index contributed by atoms with van der Waals surface area (Å²) >= 11 is 12.3. The van der Waals surface area contributed by atoms with Crippen molar-refractivity contribution in [1.29, 1.82) is 0 Å². The van der Waals surface area contributed by atoms with Crippen LogP contribution in [0.25, 0.3) is 17.0 Å². The van der Waals surface area contributed by atoms with Crippen molar-refractivity contribution >= 4 is 74.7 Å². The summed E-state index contributed by atoms with van der Waals surface area (Å²) in [6.07, 6.45) is 0.879. The van der Waals surface area contributed by atoms with Crippen molar-refractivity contribution in [2.24, 2.45) is 0 Å². The zero-order chi connectivity index (χ0) is 20.4. The van der Waals surface area contributed by atoms with Crippen LogP contribution in [0.15, 0.2) is 35.2 Å². The second-order valence-corrected chi connectivity index (χ2v) is 7.97. The molecule has 0 radical (unpaired) electrons. The number of rotatable bonds is 6. The van der Waals surface area contributed by atoms with Crippen molar-refractivity contribution in [2.75, 3.05) is 0 Å². The fraction of sp³-hybridized carbons (Fsp3) is 0.167. The highest BCUT2D eigenvalue weighted by atomic mass is 35.5. The van der Waals surface area contributed by atoms with Crippen LogP contribution in [0.2, 0.25) is 5.02 Å². The van der Waals surface area contributed by atoms with Crippen LogP contribution < -0.4 is 0 Å². The number of fused-ring (bicyclic) bond motifs is 1. The van der Waals surface area contributed by atoms with Gasteiger partial charge < -0.3 is 10.2 Å². The van der Waals surface area contributed by atoms with E-state index in [4.69, 9.17) is 28.9 Å². The third-order valence-electron chi connectivity index (χ3n) is 4.02. The molecule has 3 rings (SSSR count). The lowest BCUT2D eigenvalue weighted by Gasteiger charge is -2.22. The number of para-hydroxylation sites is 1. The first-order chi connectivity index (χ1) is 13.3. The third kappa shape index (κ3) is 4.16. The van der Waals surface area contributed by atoms with Crippen LogP contribution >= 0.6 is 35.6 Å². The quantitative estimate of drug-likeness (QED) is 0.524. The minimum atomic E-state index is -1.34. The summed E-state index contributed by atoms with van der Waals surface area (Å²) in [5, 5.41) is 19.5. The Labute approximate surface area is 174 Å². The molecule has 1 aromatic heterocycles. The van der Waals surface area contributed by atoms with Crippen molar-refractivity contribution in [1.82, 2.24) is 9.88 Å². The molecule has 1 amide bonds. The molecule has 0 bridgehead atoms. The number of pyridine rings is 1. The van der Waals surface area contributed by atoms with Crippen LogP contribution in [0.1, 0.15) is 18.5 Å². The number of carboxylic acid groups (broad SMARTS) is 2. The van der Waals surface area contributed by atoms with Crippen LogP contribution in [0.3, 0.4) is 0 Å². The highest BCUT2D eigenvalue weighted by Crippen LogP contribution is 2.35. The molecule has 0 saturated carbocycles.